The summed E-state index contributed by atoms with van der Waals surface area (Å²) in [6, 6.07) is 11.1. The minimum Gasteiger partial charge on any atom is -0.376 e. The van der Waals surface area contributed by atoms with E-state index >= 15 is 0 Å². The van der Waals surface area contributed by atoms with Crippen LogP contribution < -0.4 is 5.32 Å². The summed E-state index contributed by atoms with van der Waals surface area (Å²) in [4.78, 5) is 13.5. The Bertz CT molecular complexity index is 515. The standard InChI is InChI=1S/C14H15ClN4O/c15-12-4-1-5-13(10-12)18-11-14(20)19(8-2-6-16)9-3-7-17/h1,4-5,10,18H,2-3,8-9,11H2. The number of rotatable bonds is 7. The van der Waals surface area contributed by atoms with E-state index in [1.54, 1.807) is 18.2 Å². The Morgan fingerprint density at radius 2 is 1.90 bits per heavy atom. The molecule has 20 heavy (non-hydrogen) atoms. The van der Waals surface area contributed by atoms with Gasteiger partial charge in [-0.2, -0.15) is 10.5 Å². The quantitative estimate of drug-likeness (QED) is 0.836. The van der Waals surface area contributed by atoms with Crippen molar-refractivity contribution >= 4 is 23.2 Å². The third-order valence-electron chi connectivity index (χ3n) is 2.61. The minimum absolute atomic E-state index is 0.108. The van der Waals surface area contributed by atoms with Gasteiger partial charge in [0.15, 0.2) is 0 Å². The van der Waals surface area contributed by atoms with E-state index in [9.17, 15) is 4.79 Å². The van der Waals surface area contributed by atoms with Crippen molar-refractivity contribution in [1.29, 1.82) is 10.5 Å². The molecule has 0 saturated heterocycles. The highest BCUT2D eigenvalue weighted by Gasteiger charge is 2.12. The number of carbonyl (C=O) groups is 1. The van der Waals surface area contributed by atoms with Crippen LogP contribution in [-0.2, 0) is 4.79 Å². The van der Waals surface area contributed by atoms with E-state index in [1.165, 1.54) is 4.90 Å². The van der Waals surface area contributed by atoms with Crippen LogP contribution in [0.25, 0.3) is 0 Å². The molecule has 0 aliphatic rings. The van der Waals surface area contributed by atoms with Gasteiger partial charge in [-0.05, 0) is 18.2 Å². The van der Waals surface area contributed by atoms with Crippen molar-refractivity contribution in [2.75, 3.05) is 25.0 Å². The second kappa shape index (κ2) is 8.79. The van der Waals surface area contributed by atoms with Crippen LogP contribution in [0.5, 0.6) is 0 Å². The maximum Gasteiger partial charge on any atom is 0.241 e. The van der Waals surface area contributed by atoms with Crippen LogP contribution in [0.1, 0.15) is 12.8 Å². The number of hydrogen-bond donors (Lipinski definition) is 1. The van der Waals surface area contributed by atoms with Gasteiger partial charge in [0.1, 0.15) is 0 Å². The van der Waals surface area contributed by atoms with E-state index < -0.39 is 0 Å². The van der Waals surface area contributed by atoms with Crippen molar-refractivity contribution in [3.63, 3.8) is 0 Å². The normalized spacial score (nSPS) is 9.35. The van der Waals surface area contributed by atoms with Crippen LogP contribution in [0, 0.1) is 22.7 Å². The molecule has 1 aromatic rings. The lowest BCUT2D eigenvalue weighted by Gasteiger charge is -2.20. The Morgan fingerprint density at radius 1 is 1.25 bits per heavy atom. The Kier molecular flexibility index (Phi) is 6.95. The van der Waals surface area contributed by atoms with Crippen molar-refractivity contribution in [1.82, 2.24) is 4.90 Å². The Balaban J connectivity index is 2.53. The second-order valence-corrected chi connectivity index (χ2v) is 4.50. The molecule has 104 valence electrons. The Labute approximate surface area is 123 Å². The maximum absolute atomic E-state index is 12.0. The lowest BCUT2D eigenvalue weighted by Crippen LogP contribution is -2.36. The molecule has 6 heteroatoms. The molecule has 0 saturated carbocycles. The first-order valence-electron chi connectivity index (χ1n) is 6.18. The van der Waals surface area contributed by atoms with Gasteiger partial charge in [0.25, 0.3) is 0 Å². The fraction of sp³-hybridized carbons (Fsp3) is 0.357. The zero-order valence-electron chi connectivity index (χ0n) is 11.0. The topological polar surface area (TPSA) is 79.9 Å². The molecule has 0 aliphatic carbocycles. The number of nitrogens with one attached hydrogen (secondary N) is 1. The SMILES string of the molecule is N#CCCN(CCC#N)C(=O)CNc1cccc(Cl)c1. The van der Waals surface area contributed by atoms with Crippen molar-refractivity contribution < 1.29 is 4.79 Å². The fourth-order valence-electron chi connectivity index (χ4n) is 1.62. The monoisotopic (exact) mass is 290 g/mol. The van der Waals surface area contributed by atoms with Crippen molar-refractivity contribution in [2.24, 2.45) is 0 Å². The summed E-state index contributed by atoms with van der Waals surface area (Å²) < 4.78 is 0. The first-order valence-corrected chi connectivity index (χ1v) is 6.56. The molecule has 0 fully saturated rings. The molecule has 0 radical (unpaired) electrons. The van der Waals surface area contributed by atoms with Gasteiger partial charge in [0.2, 0.25) is 5.91 Å². The summed E-state index contributed by atoms with van der Waals surface area (Å²) in [5.41, 5.74) is 0.756. The molecular weight excluding hydrogens is 276 g/mol. The summed E-state index contributed by atoms with van der Waals surface area (Å²) in [6.45, 7) is 0.791. The maximum atomic E-state index is 12.0. The zero-order chi connectivity index (χ0) is 14.8. The average Bonchev–Trinajstić information content (AvgIpc) is 2.45. The summed E-state index contributed by atoms with van der Waals surface area (Å²) in [6.07, 6.45) is 0.517. The molecule has 5 nitrogen and oxygen atoms in total. The number of halogens is 1. The third-order valence-corrected chi connectivity index (χ3v) is 2.84. The summed E-state index contributed by atoms with van der Waals surface area (Å²) >= 11 is 5.85. The molecule has 0 heterocycles. The van der Waals surface area contributed by atoms with E-state index in [1.807, 2.05) is 18.2 Å². The predicted octanol–water partition coefficient (Wildman–Crippen LogP) is 2.41. The largest absolute Gasteiger partial charge is 0.376 e. The van der Waals surface area contributed by atoms with Gasteiger partial charge < -0.3 is 10.2 Å². The molecule has 0 bridgehead atoms. The molecule has 0 aliphatic heterocycles. The van der Waals surface area contributed by atoms with E-state index in [-0.39, 0.29) is 25.3 Å². The second-order valence-electron chi connectivity index (χ2n) is 4.06. The fourth-order valence-corrected chi connectivity index (χ4v) is 1.81. The van der Waals surface area contributed by atoms with Crippen molar-refractivity contribution in [2.45, 2.75) is 12.8 Å². The van der Waals surface area contributed by atoms with Crippen LogP contribution in [0.15, 0.2) is 24.3 Å². The highest BCUT2D eigenvalue weighted by Crippen LogP contribution is 2.14. The molecule has 1 amide bonds. The number of hydrogen-bond acceptors (Lipinski definition) is 4. The molecule has 0 aromatic heterocycles. The molecular formula is C14H15ClN4O. The minimum atomic E-state index is -0.143. The van der Waals surface area contributed by atoms with Gasteiger partial charge >= 0.3 is 0 Å². The third kappa shape index (κ3) is 5.60. The zero-order valence-corrected chi connectivity index (χ0v) is 11.7. The van der Waals surface area contributed by atoms with Gasteiger partial charge in [-0.1, -0.05) is 17.7 Å². The molecule has 1 aromatic carbocycles. The summed E-state index contributed by atoms with van der Waals surface area (Å²) in [7, 11) is 0. The number of nitriles is 2. The molecule has 1 N–H and O–H groups in total. The smallest absolute Gasteiger partial charge is 0.241 e. The van der Waals surface area contributed by atoms with Gasteiger partial charge in [0.05, 0.1) is 31.5 Å². The van der Waals surface area contributed by atoms with E-state index in [0.717, 1.165) is 5.69 Å². The van der Waals surface area contributed by atoms with E-state index in [0.29, 0.717) is 18.1 Å². The van der Waals surface area contributed by atoms with Crippen LogP contribution >= 0.6 is 11.6 Å². The molecule has 0 unspecified atom stereocenters. The van der Waals surface area contributed by atoms with Crippen LogP contribution in [0.3, 0.4) is 0 Å². The molecule has 1 rings (SSSR count). The number of carbonyl (C=O) groups excluding carboxylic acids is 1. The number of anilines is 1. The van der Waals surface area contributed by atoms with Crippen molar-refractivity contribution in [3.05, 3.63) is 29.3 Å². The Morgan fingerprint density at radius 3 is 2.45 bits per heavy atom. The molecule has 0 atom stereocenters. The predicted molar refractivity (Wildman–Crippen MR) is 77.0 cm³/mol. The van der Waals surface area contributed by atoms with Crippen LogP contribution in [0.2, 0.25) is 5.02 Å². The number of benzene rings is 1. The lowest BCUT2D eigenvalue weighted by atomic mass is 10.3. The highest BCUT2D eigenvalue weighted by molar-refractivity contribution is 6.30. The van der Waals surface area contributed by atoms with E-state index in [4.69, 9.17) is 22.1 Å². The summed E-state index contributed by atoms with van der Waals surface area (Å²) in [5.74, 6) is -0.143. The first kappa shape index (κ1) is 15.8. The van der Waals surface area contributed by atoms with E-state index in [2.05, 4.69) is 5.32 Å². The number of amides is 1. The van der Waals surface area contributed by atoms with Gasteiger partial charge in [-0.25, -0.2) is 0 Å². The lowest BCUT2D eigenvalue weighted by molar-refractivity contribution is -0.129. The van der Waals surface area contributed by atoms with Gasteiger partial charge in [-0.15, -0.1) is 0 Å². The van der Waals surface area contributed by atoms with Gasteiger partial charge in [-0.3, -0.25) is 4.79 Å². The number of nitrogens with zero attached hydrogens (tertiary/aromatic N) is 3. The van der Waals surface area contributed by atoms with Crippen molar-refractivity contribution in [3.8, 4) is 12.1 Å². The Hall–Kier alpha value is -2.24. The molecule has 0 spiro atoms. The first-order chi connectivity index (χ1) is 9.67. The van der Waals surface area contributed by atoms with Crippen LogP contribution in [0.4, 0.5) is 5.69 Å². The van der Waals surface area contributed by atoms with Gasteiger partial charge in [0, 0.05) is 23.8 Å². The average molecular weight is 291 g/mol. The summed E-state index contributed by atoms with van der Waals surface area (Å²) in [5, 5.41) is 20.7. The van der Waals surface area contributed by atoms with Crippen LogP contribution in [-0.4, -0.2) is 30.4 Å². The highest BCUT2D eigenvalue weighted by atomic mass is 35.5.